The molecule has 2 saturated heterocycles. The Balaban J connectivity index is 2.51. The number of carbonyl (C=O) groups excluding carboxylic acids is 1. The van der Waals surface area contributed by atoms with Crippen molar-refractivity contribution in [2.45, 2.75) is 76.8 Å². The molecule has 2 aliphatic rings. The van der Waals surface area contributed by atoms with Crippen LogP contribution in [-0.4, -0.2) is 58.8 Å². The second-order valence-corrected chi connectivity index (χ2v) is 8.84. The van der Waals surface area contributed by atoms with Gasteiger partial charge in [0.25, 0.3) is 0 Å². The summed E-state index contributed by atoms with van der Waals surface area (Å²) in [5, 5.41) is 0. The lowest BCUT2D eigenvalue weighted by atomic mass is 9.71. The molecule has 2 heterocycles. The minimum absolute atomic E-state index is 0.0577. The lowest BCUT2D eigenvalue weighted by molar-refractivity contribution is -0.877. The fourth-order valence-corrected chi connectivity index (χ4v) is 4.13. The van der Waals surface area contributed by atoms with Crippen LogP contribution in [-0.2, 0) is 9.53 Å². The highest BCUT2D eigenvalue weighted by Crippen LogP contribution is 2.52. The number of quaternary nitrogens is 1. The molecule has 0 radical (unpaired) electrons. The van der Waals surface area contributed by atoms with Crippen LogP contribution < -0.4 is 0 Å². The fourth-order valence-electron chi connectivity index (χ4n) is 4.13. The lowest BCUT2D eigenvalue weighted by Crippen LogP contribution is -2.66. The number of piperidine rings is 1. The number of likely N-dealkylation sites (tertiary alicyclic amines) is 1. The van der Waals surface area contributed by atoms with E-state index in [-0.39, 0.29) is 17.0 Å². The predicted molar refractivity (Wildman–Crippen MR) is 80.2 cm³/mol. The molecule has 116 valence electrons. The molecule has 0 saturated carbocycles. The summed E-state index contributed by atoms with van der Waals surface area (Å²) in [7, 11) is 6.09. The molecular weight excluding hydrogens is 252 g/mol. The van der Waals surface area contributed by atoms with Crippen LogP contribution in [0.2, 0.25) is 0 Å². The Bertz CT molecular complexity index is 431. The molecule has 0 atom stereocenters. The Morgan fingerprint density at radius 2 is 1.40 bits per heavy atom. The van der Waals surface area contributed by atoms with Gasteiger partial charge in [-0.05, 0) is 34.7 Å². The molecular formula is C16H31N2O2+. The van der Waals surface area contributed by atoms with E-state index >= 15 is 0 Å². The summed E-state index contributed by atoms with van der Waals surface area (Å²) in [5.74, 6) is 0.219. The van der Waals surface area contributed by atoms with Crippen molar-refractivity contribution in [3.63, 3.8) is 0 Å². The van der Waals surface area contributed by atoms with Gasteiger partial charge in [0.1, 0.15) is 0 Å². The van der Waals surface area contributed by atoms with E-state index in [2.05, 4.69) is 39.6 Å². The number of amides is 1. The largest absolute Gasteiger partial charge is 0.348 e. The molecule has 0 bridgehead atoms. The Kier molecular flexibility index (Phi) is 3.06. The zero-order chi connectivity index (χ0) is 15.8. The number of carbonyl (C=O) groups is 1. The van der Waals surface area contributed by atoms with Crippen molar-refractivity contribution in [2.75, 3.05) is 21.1 Å². The van der Waals surface area contributed by atoms with Gasteiger partial charge in [-0.2, -0.15) is 0 Å². The fraction of sp³-hybridized carbons (Fsp3) is 0.938. The van der Waals surface area contributed by atoms with E-state index in [4.69, 9.17) is 4.74 Å². The maximum Gasteiger partial charge on any atom is 0.348 e. The van der Waals surface area contributed by atoms with Crippen LogP contribution in [0.3, 0.4) is 0 Å². The first-order chi connectivity index (χ1) is 8.68. The van der Waals surface area contributed by atoms with Crippen molar-refractivity contribution in [1.29, 1.82) is 0 Å². The molecule has 0 aromatic carbocycles. The highest BCUT2D eigenvalue weighted by molar-refractivity contribution is 5.81. The summed E-state index contributed by atoms with van der Waals surface area (Å²) >= 11 is 0. The molecule has 20 heavy (non-hydrogen) atoms. The van der Waals surface area contributed by atoms with Crippen LogP contribution in [0.1, 0.15) is 54.4 Å². The van der Waals surface area contributed by atoms with E-state index in [1.54, 1.807) is 0 Å². The van der Waals surface area contributed by atoms with Crippen molar-refractivity contribution >= 4 is 5.91 Å². The van der Waals surface area contributed by atoms with Gasteiger partial charge in [0.2, 0.25) is 5.72 Å². The average Bonchev–Trinajstić information content (AvgIpc) is 2.33. The van der Waals surface area contributed by atoms with Crippen LogP contribution in [0.25, 0.3) is 0 Å². The molecule has 2 fully saturated rings. The maximum absolute atomic E-state index is 13.1. The number of rotatable bonds is 0. The Labute approximate surface area is 123 Å². The molecule has 0 N–H and O–H groups in total. The normalized spacial score (nSPS) is 33.5. The summed E-state index contributed by atoms with van der Waals surface area (Å²) in [6.07, 6.45) is 1.51. The zero-order valence-corrected chi connectivity index (χ0v) is 14.6. The Morgan fingerprint density at radius 3 is 1.70 bits per heavy atom. The van der Waals surface area contributed by atoms with Crippen LogP contribution in [0.4, 0.5) is 0 Å². The topological polar surface area (TPSA) is 29.5 Å². The molecule has 0 unspecified atom stereocenters. The Hall–Kier alpha value is -0.450. The van der Waals surface area contributed by atoms with E-state index in [1.165, 1.54) is 0 Å². The van der Waals surface area contributed by atoms with Crippen LogP contribution in [0, 0.1) is 0 Å². The van der Waals surface area contributed by atoms with E-state index in [9.17, 15) is 4.79 Å². The highest BCUT2D eigenvalue weighted by atomic mass is 16.6. The monoisotopic (exact) mass is 283 g/mol. The van der Waals surface area contributed by atoms with Gasteiger partial charge in [-0.1, -0.05) is 0 Å². The zero-order valence-electron chi connectivity index (χ0n) is 14.6. The lowest BCUT2D eigenvalue weighted by Gasteiger charge is -2.55. The van der Waals surface area contributed by atoms with E-state index in [1.807, 2.05) is 27.9 Å². The van der Waals surface area contributed by atoms with Gasteiger partial charge in [0, 0.05) is 37.8 Å². The van der Waals surface area contributed by atoms with Gasteiger partial charge >= 0.3 is 5.91 Å². The third-order valence-corrected chi connectivity index (χ3v) is 5.94. The first-order valence-corrected chi connectivity index (χ1v) is 7.51. The van der Waals surface area contributed by atoms with Crippen molar-refractivity contribution in [3.8, 4) is 0 Å². The summed E-state index contributed by atoms with van der Waals surface area (Å²) in [4.78, 5) is 15.5. The second-order valence-electron chi connectivity index (χ2n) is 8.84. The molecule has 0 aromatic rings. The molecule has 1 spiro atoms. The summed E-state index contributed by atoms with van der Waals surface area (Å²) < 4.78 is 6.71. The minimum atomic E-state index is -0.660. The number of hydrogen-bond donors (Lipinski definition) is 0. The van der Waals surface area contributed by atoms with Gasteiger partial charge in [0.05, 0.1) is 14.1 Å². The SMILES string of the molecule is CN1C(C)(C)CC2(CC1(C)C)OC(C)(C)[N+](C)(C)C2=O. The standard InChI is InChI=1S/C16H31N2O2/c1-13(2)10-16(11-14(3,4)17(13)7)12(19)18(8,9)15(5,6)20-16/h10-11H2,1-9H3/q+1. The molecule has 1 amide bonds. The maximum atomic E-state index is 13.1. The number of hydrogen-bond acceptors (Lipinski definition) is 3. The van der Waals surface area contributed by atoms with E-state index in [0.717, 1.165) is 12.8 Å². The molecule has 2 rings (SSSR count). The summed E-state index contributed by atoms with van der Waals surface area (Å²) in [5.41, 5.74) is -1.25. The van der Waals surface area contributed by atoms with Gasteiger partial charge in [-0.3, -0.25) is 4.90 Å². The Morgan fingerprint density at radius 1 is 1.00 bits per heavy atom. The number of ether oxygens (including phenoxy) is 1. The first-order valence-electron chi connectivity index (χ1n) is 7.51. The van der Waals surface area contributed by atoms with Crippen LogP contribution in [0.15, 0.2) is 0 Å². The van der Waals surface area contributed by atoms with Crippen LogP contribution >= 0.6 is 0 Å². The molecule has 0 aromatic heterocycles. The van der Waals surface area contributed by atoms with E-state index in [0.29, 0.717) is 4.48 Å². The van der Waals surface area contributed by atoms with E-state index < -0.39 is 11.3 Å². The second kappa shape index (κ2) is 3.84. The quantitative estimate of drug-likeness (QED) is 0.639. The van der Waals surface area contributed by atoms with Gasteiger partial charge < -0.3 is 4.74 Å². The van der Waals surface area contributed by atoms with Gasteiger partial charge in [-0.25, -0.2) is 9.28 Å². The van der Waals surface area contributed by atoms with Gasteiger partial charge in [0.15, 0.2) is 5.60 Å². The predicted octanol–water partition coefficient (Wildman–Crippen LogP) is 2.38. The van der Waals surface area contributed by atoms with Crippen molar-refractivity contribution in [1.82, 2.24) is 4.90 Å². The van der Waals surface area contributed by atoms with Crippen molar-refractivity contribution in [3.05, 3.63) is 0 Å². The minimum Gasteiger partial charge on any atom is -0.306 e. The number of nitrogens with zero attached hydrogens (tertiary/aromatic N) is 2. The van der Waals surface area contributed by atoms with Crippen molar-refractivity contribution < 1.29 is 14.0 Å². The number of likely N-dealkylation sites (N-methyl/N-ethyl adjacent to an activating group) is 1. The molecule has 4 heteroatoms. The molecule has 4 nitrogen and oxygen atoms in total. The summed E-state index contributed by atoms with van der Waals surface area (Å²) in [6, 6.07) is 0. The highest BCUT2D eigenvalue weighted by Gasteiger charge is 2.69. The average molecular weight is 283 g/mol. The smallest absolute Gasteiger partial charge is 0.306 e. The third kappa shape index (κ3) is 1.88. The van der Waals surface area contributed by atoms with Crippen LogP contribution in [0.5, 0.6) is 0 Å². The molecule has 0 aliphatic carbocycles. The molecule has 2 aliphatic heterocycles. The van der Waals surface area contributed by atoms with Gasteiger partial charge in [-0.15, -0.1) is 0 Å². The third-order valence-electron chi connectivity index (χ3n) is 5.94. The summed E-state index contributed by atoms with van der Waals surface area (Å²) in [6.45, 7) is 12.9. The first kappa shape index (κ1) is 15.9. The van der Waals surface area contributed by atoms with Crippen molar-refractivity contribution in [2.24, 2.45) is 0 Å².